The number of methoxy groups -OCH3 is 1. The van der Waals surface area contributed by atoms with Crippen LogP contribution in [0.3, 0.4) is 0 Å². The van der Waals surface area contributed by atoms with Crippen LogP contribution in [-0.2, 0) is 48.3 Å². The minimum Gasteiger partial charge on any atom is -0.374 e. The fraction of sp³-hybridized carbons (Fsp3) is 0.387. The lowest BCUT2D eigenvalue weighted by atomic mass is 9.94. The molecule has 0 unspecified atom stereocenters. The smallest absolute Gasteiger partial charge is 0.219 e. The highest BCUT2D eigenvalue weighted by Gasteiger charge is 2.50. The lowest BCUT2D eigenvalue weighted by Crippen LogP contribution is -2.66. The monoisotopic (exact) mass is 519 g/mol. The highest BCUT2D eigenvalue weighted by molar-refractivity contribution is 5.73. The number of benzene rings is 3. The molecule has 7 heteroatoms. The van der Waals surface area contributed by atoms with Crippen LogP contribution >= 0.6 is 0 Å². The maximum Gasteiger partial charge on any atom is 0.219 e. The Balaban J connectivity index is 1.58. The number of ether oxygens (including phenoxy) is 5. The molecule has 38 heavy (non-hydrogen) atoms. The second kappa shape index (κ2) is 14.2. The molecule has 4 rings (SSSR count). The Morgan fingerprint density at radius 1 is 0.763 bits per heavy atom. The van der Waals surface area contributed by atoms with Crippen LogP contribution in [0.5, 0.6) is 0 Å². The van der Waals surface area contributed by atoms with Crippen molar-refractivity contribution in [2.75, 3.05) is 20.8 Å². The maximum absolute atomic E-state index is 12.7. The number of carbonyl (C=O) groups is 1. The van der Waals surface area contributed by atoms with Gasteiger partial charge in [-0.1, -0.05) is 91.0 Å². The summed E-state index contributed by atoms with van der Waals surface area (Å²) in [5.41, 5.74) is 3.10. The maximum atomic E-state index is 12.7. The zero-order valence-electron chi connectivity index (χ0n) is 22.3. The molecule has 1 amide bonds. The molecule has 0 aliphatic carbocycles. The second-order valence-corrected chi connectivity index (χ2v) is 9.42. The zero-order chi connectivity index (χ0) is 26.7. The molecule has 1 heterocycles. The van der Waals surface area contributed by atoms with Crippen molar-refractivity contribution in [1.82, 2.24) is 4.90 Å². The van der Waals surface area contributed by atoms with Gasteiger partial charge in [0.1, 0.15) is 18.3 Å². The van der Waals surface area contributed by atoms with Crippen LogP contribution in [0.4, 0.5) is 0 Å². The van der Waals surface area contributed by atoms with Gasteiger partial charge < -0.3 is 28.6 Å². The molecular weight excluding hydrogens is 482 g/mol. The zero-order valence-corrected chi connectivity index (χ0v) is 22.3. The van der Waals surface area contributed by atoms with E-state index in [4.69, 9.17) is 23.7 Å². The minimum absolute atomic E-state index is 0.0997. The van der Waals surface area contributed by atoms with Crippen LogP contribution < -0.4 is 0 Å². The highest BCUT2D eigenvalue weighted by Crippen LogP contribution is 2.31. The molecule has 7 nitrogen and oxygen atoms in total. The van der Waals surface area contributed by atoms with Gasteiger partial charge in [0.15, 0.2) is 6.29 Å². The van der Waals surface area contributed by atoms with Crippen molar-refractivity contribution in [3.8, 4) is 0 Å². The van der Waals surface area contributed by atoms with Crippen molar-refractivity contribution in [1.29, 1.82) is 0 Å². The highest BCUT2D eigenvalue weighted by atomic mass is 16.7. The van der Waals surface area contributed by atoms with Crippen molar-refractivity contribution in [3.63, 3.8) is 0 Å². The second-order valence-electron chi connectivity index (χ2n) is 9.42. The molecule has 1 fully saturated rings. The van der Waals surface area contributed by atoms with Gasteiger partial charge in [0.05, 0.1) is 32.5 Å². The van der Waals surface area contributed by atoms with E-state index >= 15 is 0 Å². The van der Waals surface area contributed by atoms with Crippen LogP contribution in [0, 0.1) is 0 Å². The van der Waals surface area contributed by atoms with Crippen LogP contribution in [0.15, 0.2) is 91.0 Å². The SMILES string of the molecule is CO[C@@H]1O[C@H](COCc2ccccc2)[C@H](OCc2ccccc2)[C@H](N(C)C(C)=O)[C@H]1OCc1ccccc1. The van der Waals surface area contributed by atoms with Gasteiger partial charge in [-0.25, -0.2) is 0 Å². The van der Waals surface area contributed by atoms with E-state index in [1.54, 1.807) is 26.0 Å². The van der Waals surface area contributed by atoms with E-state index in [2.05, 4.69) is 0 Å². The largest absolute Gasteiger partial charge is 0.374 e. The van der Waals surface area contributed by atoms with Crippen LogP contribution in [0.2, 0.25) is 0 Å². The standard InChI is InChI=1S/C31H37NO6/c1-23(33)32(2)28-29(36-20-25-15-9-5-10-16-25)27(22-35-19-24-13-7-4-8-14-24)38-31(34-3)30(28)37-21-26-17-11-6-12-18-26/h4-18,27-31H,19-22H2,1-3H3/t27-,28+,29+,30-,31-/m1/s1. The average Bonchev–Trinajstić information content (AvgIpc) is 2.96. The van der Waals surface area contributed by atoms with Gasteiger partial charge in [0.25, 0.3) is 0 Å². The van der Waals surface area contributed by atoms with E-state index < -0.39 is 30.6 Å². The Kier molecular flexibility index (Phi) is 10.4. The molecule has 0 spiro atoms. The van der Waals surface area contributed by atoms with Crippen molar-refractivity contribution in [2.24, 2.45) is 0 Å². The third-order valence-corrected chi connectivity index (χ3v) is 6.76. The Bertz CT molecular complexity index is 1100. The van der Waals surface area contributed by atoms with Gasteiger partial charge in [-0.15, -0.1) is 0 Å². The van der Waals surface area contributed by atoms with Gasteiger partial charge >= 0.3 is 0 Å². The van der Waals surface area contributed by atoms with E-state index in [0.29, 0.717) is 19.8 Å². The summed E-state index contributed by atoms with van der Waals surface area (Å²) in [4.78, 5) is 14.4. The lowest BCUT2D eigenvalue weighted by Gasteiger charge is -2.48. The molecule has 1 aliphatic rings. The molecule has 0 bridgehead atoms. The summed E-state index contributed by atoms with van der Waals surface area (Å²) >= 11 is 0. The average molecular weight is 520 g/mol. The molecule has 1 aliphatic heterocycles. The number of carbonyl (C=O) groups excluding carboxylic acids is 1. The first-order valence-corrected chi connectivity index (χ1v) is 12.9. The summed E-state index contributed by atoms with van der Waals surface area (Å²) in [6.45, 7) is 2.94. The molecular formula is C31H37NO6. The first-order valence-electron chi connectivity index (χ1n) is 12.9. The molecule has 0 radical (unpaired) electrons. The van der Waals surface area contributed by atoms with Gasteiger partial charge in [-0.05, 0) is 16.7 Å². The molecule has 0 saturated carbocycles. The number of hydrogen-bond acceptors (Lipinski definition) is 6. The topological polar surface area (TPSA) is 66.5 Å². The van der Waals surface area contributed by atoms with Crippen molar-refractivity contribution in [2.45, 2.75) is 57.4 Å². The van der Waals surface area contributed by atoms with E-state index in [1.165, 1.54) is 0 Å². The summed E-state index contributed by atoms with van der Waals surface area (Å²) in [6.07, 6.45) is -2.31. The van der Waals surface area contributed by atoms with Gasteiger partial charge in [-0.3, -0.25) is 4.79 Å². The Hall–Kier alpha value is -3.07. The van der Waals surface area contributed by atoms with Crippen molar-refractivity contribution >= 4 is 5.91 Å². The predicted octanol–water partition coefficient (Wildman–Crippen LogP) is 4.59. The number of rotatable bonds is 12. The first-order chi connectivity index (χ1) is 18.6. The molecule has 1 saturated heterocycles. The van der Waals surface area contributed by atoms with E-state index in [9.17, 15) is 4.79 Å². The summed E-state index contributed by atoms with van der Waals surface area (Å²) < 4.78 is 31.2. The number of nitrogens with zero attached hydrogens (tertiary/aromatic N) is 1. The Morgan fingerprint density at radius 2 is 1.24 bits per heavy atom. The summed E-state index contributed by atoms with van der Waals surface area (Å²) in [7, 11) is 3.35. The van der Waals surface area contributed by atoms with Crippen molar-refractivity contribution < 1.29 is 28.5 Å². The third-order valence-electron chi connectivity index (χ3n) is 6.76. The Morgan fingerprint density at radius 3 is 1.71 bits per heavy atom. The van der Waals surface area contributed by atoms with E-state index in [1.807, 2.05) is 91.0 Å². The number of amides is 1. The number of likely N-dealkylation sites (N-methyl/N-ethyl adjacent to an activating group) is 1. The molecule has 0 aromatic heterocycles. The predicted molar refractivity (Wildman–Crippen MR) is 144 cm³/mol. The van der Waals surface area contributed by atoms with Gasteiger partial charge in [0, 0.05) is 21.1 Å². The first kappa shape index (κ1) is 28.0. The van der Waals surface area contributed by atoms with E-state index in [0.717, 1.165) is 16.7 Å². The summed E-state index contributed by atoms with van der Waals surface area (Å²) in [6, 6.07) is 29.3. The van der Waals surface area contributed by atoms with Gasteiger partial charge in [0.2, 0.25) is 5.91 Å². The third kappa shape index (κ3) is 7.49. The molecule has 0 N–H and O–H groups in total. The summed E-state index contributed by atoms with van der Waals surface area (Å²) in [5.74, 6) is -0.0997. The van der Waals surface area contributed by atoms with Crippen LogP contribution in [0.1, 0.15) is 23.6 Å². The fourth-order valence-electron chi connectivity index (χ4n) is 4.65. The number of hydrogen-bond donors (Lipinski definition) is 0. The molecule has 3 aromatic rings. The van der Waals surface area contributed by atoms with E-state index in [-0.39, 0.29) is 12.5 Å². The van der Waals surface area contributed by atoms with Crippen molar-refractivity contribution in [3.05, 3.63) is 108 Å². The Labute approximate surface area is 225 Å². The molecule has 5 atom stereocenters. The molecule has 202 valence electrons. The summed E-state index contributed by atoms with van der Waals surface area (Å²) in [5, 5.41) is 0. The minimum atomic E-state index is -0.715. The fourth-order valence-corrected chi connectivity index (χ4v) is 4.65. The normalized spacial score (nSPS) is 23.2. The quantitative estimate of drug-likeness (QED) is 0.349. The van der Waals surface area contributed by atoms with Gasteiger partial charge in [-0.2, -0.15) is 0 Å². The lowest BCUT2D eigenvalue weighted by molar-refractivity contribution is -0.302. The van der Waals surface area contributed by atoms with Crippen LogP contribution in [-0.4, -0.2) is 62.2 Å². The van der Waals surface area contributed by atoms with Crippen LogP contribution in [0.25, 0.3) is 0 Å². The molecule has 3 aromatic carbocycles.